The standard InChI is InChI=1S/C47H30N2O2/c1-3-11-31(12-4-1)35-17-9-18-37(27-35)49(36-23-21-33(22-24-36)40-20-10-16-32-13-7-8-19-39(32)40)38-25-26-41-42-29-43-46(30-45(42)50-44(41)28-38)51-47(48-43)34-14-5-2-6-15-34/h1-30H. The molecule has 2 heterocycles. The van der Waals surface area contributed by atoms with Gasteiger partial charge in [0.05, 0.1) is 0 Å². The Morgan fingerprint density at radius 3 is 1.88 bits per heavy atom. The van der Waals surface area contributed by atoms with E-state index in [0.29, 0.717) is 11.5 Å². The number of oxazole rings is 1. The van der Waals surface area contributed by atoms with Crippen LogP contribution < -0.4 is 4.90 Å². The van der Waals surface area contributed by atoms with Gasteiger partial charge in [-0.1, -0.05) is 115 Å². The second-order valence-corrected chi connectivity index (χ2v) is 12.8. The molecule has 0 saturated heterocycles. The molecule has 0 unspecified atom stereocenters. The van der Waals surface area contributed by atoms with E-state index in [-0.39, 0.29) is 0 Å². The van der Waals surface area contributed by atoms with E-state index in [0.717, 1.165) is 55.6 Å². The Hall–Kier alpha value is -6.91. The SMILES string of the molecule is c1ccc(-c2cccc(N(c3ccc(-c4cccc5ccccc45)cc3)c3ccc4c(c3)oc3cc5oc(-c6ccccc6)nc5cc34)c2)cc1. The summed E-state index contributed by atoms with van der Waals surface area (Å²) in [6.07, 6.45) is 0. The zero-order valence-corrected chi connectivity index (χ0v) is 27.5. The molecule has 0 saturated carbocycles. The molecule has 8 aromatic carbocycles. The van der Waals surface area contributed by atoms with Gasteiger partial charge >= 0.3 is 0 Å². The van der Waals surface area contributed by atoms with Crippen LogP contribution in [0, 0.1) is 0 Å². The second kappa shape index (κ2) is 11.9. The van der Waals surface area contributed by atoms with Gasteiger partial charge in [0.15, 0.2) is 5.58 Å². The maximum Gasteiger partial charge on any atom is 0.227 e. The lowest BCUT2D eigenvalue weighted by Crippen LogP contribution is -2.10. The fourth-order valence-electron chi connectivity index (χ4n) is 7.20. The molecule has 0 radical (unpaired) electrons. The summed E-state index contributed by atoms with van der Waals surface area (Å²) in [6.45, 7) is 0. The summed E-state index contributed by atoms with van der Waals surface area (Å²) in [5, 5.41) is 4.52. The van der Waals surface area contributed by atoms with Crippen molar-refractivity contribution in [3.8, 4) is 33.7 Å². The predicted octanol–water partition coefficient (Wildman–Crippen LogP) is 13.4. The number of hydrogen-bond acceptors (Lipinski definition) is 4. The van der Waals surface area contributed by atoms with E-state index in [9.17, 15) is 0 Å². The molecule has 2 aromatic heterocycles. The lowest BCUT2D eigenvalue weighted by atomic mass is 9.98. The highest BCUT2D eigenvalue weighted by Crippen LogP contribution is 2.41. The monoisotopic (exact) mass is 654 g/mol. The Morgan fingerprint density at radius 1 is 0.373 bits per heavy atom. The average molecular weight is 655 g/mol. The van der Waals surface area contributed by atoms with Crippen molar-refractivity contribution in [3.63, 3.8) is 0 Å². The molecule has 4 nitrogen and oxygen atoms in total. The summed E-state index contributed by atoms with van der Waals surface area (Å²) in [5.41, 5.74) is 11.8. The number of rotatable bonds is 6. The molecule has 0 N–H and O–H groups in total. The van der Waals surface area contributed by atoms with Crippen LogP contribution in [0.2, 0.25) is 0 Å². The third-order valence-electron chi connectivity index (χ3n) is 9.68. The molecule has 10 aromatic rings. The molecule has 0 fully saturated rings. The zero-order valence-electron chi connectivity index (χ0n) is 27.5. The highest BCUT2D eigenvalue weighted by atomic mass is 16.4. The molecule has 240 valence electrons. The lowest BCUT2D eigenvalue weighted by Gasteiger charge is -2.26. The summed E-state index contributed by atoms with van der Waals surface area (Å²) in [4.78, 5) is 7.10. The van der Waals surface area contributed by atoms with E-state index < -0.39 is 0 Å². The van der Waals surface area contributed by atoms with Crippen LogP contribution >= 0.6 is 0 Å². The molecular weight excluding hydrogens is 625 g/mol. The van der Waals surface area contributed by atoms with Gasteiger partial charge in [-0.25, -0.2) is 4.98 Å². The first-order valence-corrected chi connectivity index (χ1v) is 17.1. The van der Waals surface area contributed by atoms with Gasteiger partial charge in [-0.05, 0) is 87.6 Å². The maximum absolute atomic E-state index is 6.53. The van der Waals surface area contributed by atoms with E-state index in [1.807, 2.05) is 36.4 Å². The maximum atomic E-state index is 6.53. The van der Waals surface area contributed by atoms with Crippen molar-refractivity contribution >= 4 is 60.9 Å². The van der Waals surface area contributed by atoms with Crippen LogP contribution in [-0.4, -0.2) is 4.98 Å². The smallest absolute Gasteiger partial charge is 0.227 e. The number of furan rings is 1. The van der Waals surface area contributed by atoms with E-state index in [1.54, 1.807) is 0 Å². The highest BCUT2D eigenvalue weighted by Gasteiger charge is 2.18. The first-order valence-electron chi connectivity index (χ1n) is 17.1. The minimum Gasteiger partial charge on any atom is -0.456 e. The highest BCUT2D eigenvalue weighted by molar-refractivity contribution is 6.10. The van der Waals surface area contributed by atoms with Crippen molar-refractivity contribution < 1.29 is 8.83 Å². The molecular formula is C47H30N2O2. The van der Waals surface area contributed by atoms with Crippen molar-refractivity contribution in [1.82, 2.24) is 4.98 Å². The van der Waals surface area contributed by atoms with Gasteiger partial charge < -0.3 is 13.7 Å². The van der Waals surface area contributed by atoms with Crippen LogP contribution in [-0.2, 0) is 0 Å². The zero-order chi connectivity index (χ0) is 33.7. The number of fused-ring (bicyclic) bond motifs is 5. The van der Waals surface area contributed by atoms with Crippen molar-refractivity contribution in [3.05, 3.63) is 182 Å². The minimum atomic E-state index is 0.602. The van der Waals surface area contributed by atoms with E-state index in [2.05, 4.69) is 150 Å². The summed E-state index contributed by atoms with van der Waals surface area (Å²) < 4.78 is 12.7. The molecule has 0 aliphatic rings. The third-order valence-corrected chi connectivity index (χ3v) is 9.68. The normalized spacial score (nSPS) is 11.5. The topological polar surface area (TPSA) is 42.4 Å². The quantitative estimate of drug-likeness (QED) is 0.179. The molecule has 0 bridgehead atoms. The van der Waals surface area contributed by atoms with Crippen LogP contribution in [0.3, 0.4) is 0 Å². The number of hydrogen-bond donors (Lipinski definition) is 0. The van der Waals surface area contributed by atoms with Crippen molar-refractivity contribution in [2.45, 2.75) is 0 Å². The summed E-state index contributed by atoms with van der Waals surface area (Å²) in [6, 6.07) is 63.6. The van der Waals surface area contributed by atoms with Gasteiger partial charge in [-0.2, -0.15) is 0 Å². The van der Waals surface area contributed by atoms with Gasteiger partial charge in [0.25, 0.3) is 0 Å². The van der Waals surface area contributed by atoms with Gasteiger partial charge in [-0.15, -0.1) is 0 Å². The van der Waals surface area contributed by atoms with Crippen molar-refractivity contribution in [1.29, 1.82) is 0 Å². The molecule has 4 heteroatoms. The lowest BCUT2D eigenvalue weighted by molar-refractivity contribution is 0.617. The van der Waals surface area contributed by atoms with Gasteiger partial charge in [-0.3, -0.25) is 0 Å². The Balaban J connectivity index is 1.09. The molecule has 10 rings (SSSR count). The summed E-state index contributed by atoms with van der Waals surface area (Å²) >= 11 is 0. The third kappa shape index (κ3) is 5.13. The predicted molar refractivity (Wildman–Crippen MR) is 210 cm³/mol. The van der Waals surface area contributed by atoms with Crippen molar-refractivity contribution in [2.75, 3.05) is 4.90 Å². The molecule has 0 aliphatic heterocycles. The molecule has 51 heavy (non-hydrogen) atoms. The van der Waals surface area contributed by atoms with E-state index in [4.69, 9.17) is 13.8 Å². The fourth-order valence-corrected chi connectivity index (χ4v) is 7.20. The number of benzene rings is 8. The second-order valence-electron chi connectivity index (χ2n) is 12.8. The molecule has 0 aliphatic carbocycles. The first-order chi connectivity index (χ1) is 25.2. The molecule has 0 spiro atoms. The van der Waals surface area contributed by atoms with Gasteiger partial charge in [0.1, 0.15) is 16.7 Å². The number of anilines is 3. The Bertz CT molecular complexity index is 2850. The van der Waals surface area contributed by atoms with Crippen LogP contribution in [0.25, 0.3) is 77.5 Å². The average Bonchev–Trinajstić information content (AvgIpc) is 3.78. The molecule has 0 amide bonds. The van der Waals surface area contributed by atoms with Crippen molar-refractivity contribution in [2.24, 2.45) is 0 Å². The van der Waals surface area contributed by atoms with Gasteiger partial charge in [0.2, 0.25) is 5.89 Å². The Kier molecular flexibility index (Phi) is 6.78. The first kappa shape index (κ1) is 29.0. The Labute approximate surface area is 294 Å². The number of aromatic nitrogens is 1. The fraction of sp³-hybridized carbons (Fsp3) is 0. The van der Waals surface area contributed by atoms with Gasteiger partial charge in [0, 0.05) is 45.5 Å². The number of nitrogens with zero attached hydrogens (tertiary/aromatic N) is 2. The van der Waals surface area contributed by atoms with E-state index in [1.165, 1.54) is 27.5 Å². The van der Waals surface area contributed by atoms with Crippen LogP contribution in [0.1, 0.15) is 0 Å². The largest absolute Gasteiger partial charge is 0.456 e. The summed E-state index contributed by atoms with van der Waals surface area (Å²) in [5.74, 6) is 0.602. The Morgan fingerprint density at radius 2 is 1.04 bits per heavy atom. The molecule has 0 atom stereocenters. The van der Waals surface area contributed by atoms with E-state index >= 15 is 0 Å². The van der Waals surface area contributed by atoms with Crippen LogP contribution in [0.15, 0.2) is 191 Å². The summed E-state index contributed by atoms with van der Waals surface area (Å²) in [7, 11) is 0. The van der Waals surface area contributed by atoms with Crippen LogP contribution in [0.4, 0.5) is 17.1 Å². The van der Waals surface area contributed by atoms with Crippen LogP contribution in [0.5, 0.6) is 0 Å². The minimum absolute atomic E-state index is 0.602.